The van der Waals surface area contributed by atoms with E-state index in [9.17, 15) is 5.11 Å². The maximum atomic E-state index is 10.2. The van der Waals surface area contributed by atoms with Crippen molar-refractivity contribution in [1.82, 2.24) is 24.7 Å². The zero-order valence-corrected chi connectivity index (χ0v) is 11.9. The van der Waals surface area contributed by atoms with Gasteiger partial charge in [-0.1, -0.05) is 12.8 Å². The Hall–Kier alpha value is -2.22. The monoisotopic (exact) mass is 289 g/mol. The zero-order chi connectivity index (χ0) is 14.8. The summed E-state index contributed by atoms with van der Waals surface area (Å²) in [5.41, 5.74) is 5.77. The minimum absolute atomic E-state index is 0.00558. The van der Waals surface area contributed by atoms with Gasteiger partial charge in [0.2, 0.25) is 11.9 Å². The zero-order valence-electron chi connectivity index (χ0n) is 11.9. The van der Waals surface area contributed by atoms with Gasteiger partial charge in [-0.25, -0.2) is 4.68 Å². The predicted octanol–water partition coefficient (Wildman–Crippen LogP) is 0.379. The van der Waals surface area contributed by atoms with Crippen LogP contribution in [0.25, 0.3) is 5.95 Å². The molecule has 112 valence electrons. The second kappa shape index (κ2) is 5.65. The normalized spacial score (nSPS) is 22.2. The molecule has 0 spiro atoms. The fourth-order valence-corrected chi connectivity index (χ4v) is 2.71. The highest BCUT2D eigenvalue weighted by molar-refractivity contribution is 5.38. The van der Waals surface area contributed by atoms with E-state index >= 15 is 0 Å². The van der Waals surface area contributed by atoms with Gasteiger partial charge in [0, 0.05) is 19.4 Å². The summed E-state index contributed by atoms with van der Waals surface area (Å²) in [4.78, 5) is 14.6. The van der Waals surface area contributed by atoms with Crippen LogP contribution in [0.1, 0.15) is 25.7 Å². The Morgan fingerprint density at radius 2 is 2.10 bits per heavy atom. The maximum absolute atomic E-state index is 10.2. The minimum Gasteiger partial charge on any atom is -0.391 e. The van der Waals surface area contributed by atoms with Gasteiger partial charge in [0.15, 0.2) is 0 Å². The number of nitrogens with zero attached hydrogens (tertiary/aromatic N) is 6. The highest BCUT2D eigenvalue weighted by atomic mass is 16.3. The van der Waals surface area contributed by atoms with Crippen LogP contribution in [-0.4, -0.2) is 49.0 Å². The Morgan fingerprint density at radius 3 is 2.81 bits per heavy atom. The molecule has 2 unspecified atom stereocenters. The van der Waals surface area contributed by atoms with Crippen molar-refractivity contribution >= 4 is 11.9 Å². The molecule has 21 heavy (non-hydrogen) atoms. The molecule has 3 N–H and O–H groups in total. The fraction of sp³-hybridized carbons (Fsp3) is 0.538. The molecule has 0 saturated heterocycles. The number of nitrogen functional groups attached to an aromatic ring is 1. The van der Waals surface area contributed by atoms with Crippen LogP contribution in [0.15, 0.2) is 18.5 Å². The van der Waals surface area contributed by atoms with E-state index in [2.05, 4.69) is 20.1 Å². The quantitative estimate of drug-likeness (QED) is 0.841. The molecule has 2 aromatic heterocycles. The van der Waals surface area contributed by atoms with E-state index in [1.165, 1.54) is 4.68 Å². The number of hydrogen-bond donors (Lipinski definition) is 2. The van der Waals surface area contributed by atoms with Crippen LogP contribution in [0.4, 0.5) is 11.9 Å². The smallest absolute Gasteiger partial charge is 0.257 e. The average molecular weight is 289 g/mol. The SMILES string of the molecule is CN(c1nc(N)nc(-n2cccn2)n1)C1CCCCC1O. The molecule has 1 saturated carbocycles. The van der Waals surface area contributed by atoms with E-state index in [-0.39, 0.29) is 18.1 Å². The summed E-state index contributed by atoms with van der Waals surface area (Å²) in [6.45, 7) is 0. The van der Waals surface area contributed by atoms with Gasteiger partial charge in [-0.15, -0.1) is 0 Å². The Bertz CT molecular complexity index is 601. The first kappa shape index (κ1) is 13.7. The van der Waals surface area contributed by atoms with Gasteiger partial charge < -0.3 is 15.7 Å². The fourth-order valence-electron chi connectivity index (χ4n) is 2.71. The molecule has 3 rings (SSSR count). The van der Waals surface area contributed by atoms with Crippen molar-refractivity contribution in [3.05, 3.63) is 18.5 Å². The van der Waals surface area contributed by atoms with Gasteiger partial charge >= 0.3 is 0 Å². The number of aliphatic hydroxyl groups excluding tert-OH is 1. The molecule has 0 radical (unpaired) electrons. The highest BCUT2D eigenvalue weighted by Crippen LogP contribution is 2.25. The van der Waals surface area contributed by atoms with Crippen LogP contribution in [0, 0.1) is 0 Å². The van der Waals surface area contributed by atoms with Crippen LogP contribution in [0.3, 0.4) is 0 Å². The van der Waals surface area contributed by atoms with Gasteiger partial charge in [0.1, 0.15) is 0 Å². The molecule has 2 heterocycles. The van der Waals surface area contributed by atoms with Crippen LogP contribution < -0.4 is 10.6 Å². The molecule has 1 fully saturated rings. The van der Waals surface area contributed by atoms with Crippen molar-refractivity contribution < 1.29 is 5.11 Å². The second-order valence-corrected chi connectivity index (χ2v) is 5.27. The summed E-state index contributed by atoms with van der Waals surface area (Å²) in [7, 11) is 1.88. The Morgan fingerprint density at radius 1 is 1.29 bits per heavy atom. The van der Waals surface area contributed by atoms with Gasteiger partial charge in [0.25, 0.3) is 5.95 Å². The van der Waals surface area contributed by atoms with E-state index in [0.29, 0.717) is 11.9 Å². The van der Waals surface area contributed by atoms with Crippen molar-refractivity contribution in [3.63, 3.8) is 0 Å². The van der Waals surface area contributed by atoms with Crippen molar-refractivity contribution in [2.45, 2.75) is 37.8 Å². The lowest BCUT2D eigenvalue weighted by Crippen LogP contribution is -2.44. The molecule has 2 atom stereocenters. The first-order chi connectivity index (χ1) is 10.1. The molecule has 0 amide bonds. The van der Waals surface area contributed by atoms with Crippen molar-refractivity contribution in [2.75, 3.05) is 17.7 Å². The number of hydrogen-bond acceptors (Lipinski definition) is 7. The summed E-state index contributed by atoms with van der Waals surface area (Å²) in [5.74, 6) is 0.973. The highest BCUT2D eigenvalue weighted by Gasteiger charge is 2.28. The van der Waals surface area contributed by atoms with E-state index in [1.54, 1.807) is 18.5 Å². The van der Waals surface area contributed by atoms with Crippen molar-refractivity contribution in [1.29, 1.82) is 0 Å². The van der Waals surface area contributed by atoms with E-state index in [4.69, 9.17) is 5.73 Å². The van der Waals surface area contributed by atoms with Crippen LogP contribution in [-0.2, 0) is 0 Å². The molecule has 0 aromatic carbocycles. The Balaban J connectivity index is 1.91. The molecular weight excluding hydrogens is 270 g/mol. The van der Waals surface area contributed by atoms with E-state index < -0.39 is 0 Å². The molecule has 0 aliphatic heterocycles. The van der Waals surface area contributed by atoms with Crippen LogP contribution in [0.5, 0.6) is 0 Å². The lowest BCUT2D eigenvalue weighted by molar-refractivity contribution is 0.105. The summed E-state index contributed by atoms with van der Waals surface area (Å²) in [5, 5.41) is 14.3. The third-order valence-corrected chi connectivity index (χ3v) is 3.85. The van der Waals surface area contributed by atoms with Crippen LogP contribution >= 0.6 is 0 Å². The van der Waals surface area contributed by atoms with Gasteiger partial charge in [-0.2, -0.15) is 20.1 Å². The first-order valence-corrected chi connectivity index (χ1v) is 7.07. The number of aromatic nitrogens is 5. The molecule has 2 aromatic rings. The number of rotatable bonds is 3. The molecule has 0 bridgehead atoms. The summed E-state index contributed by atoms with van der Waals surface area (Å²) in [6.07, 6.45) is 6.90. The topological polar surface area (TPSA) is 106 Å². The van der Waals surface area contributed by atoms with Gasteiger partial charge in [0.05, 0.1) is 12.1 Å². The number of likely N-dealkylation sites (N-methyl/N-ethyl adjacent to an activating group) is 1. The van der Waals surface area contributed by atoms with Crippen LogP contribution in [0.2, 0.25) is 0 Å². The standard InChI is InChI=1S/C13H19N7O/c1-19(9-5-2-3-6-10(9)21)12-16-11(14)17-13(18-12)20-8-4-7-15-20/h4,7-10,21H,2-3,5-6H2,1H3,(H2,14,16,17,18). The number of anilines is 2. The lowest BCUT2D eigenvalue weighted by Gasteiger charge is -2.35. The summed E-state index contributed by atoms with van der Waals surface area (Å²) < 4.78 is 1.53. The van der Waals surface area contributed by atoms with Crippen molar-refractivity contribution in [3.8, 4) is 5.95 Å². The first-order valence-electron chi connectivity index (χ1n) is 7.07. The van der Waals surface area contributed by atoms with Crippen molar-refractivity contribution in [2.24, 2.45) is 0 Å². The second-order valence-electron chi connectivity index (χ2n) is 5.27. The molecule has 8 nitrogen and oxygen atoms in total. The average Bonchev–Trinajstić information content (AvgIpc) is 3.01. The van der Waals surface area contributed by atoms with Gasteiger partial charge in [-0.3, -0.25) is 0 Å². The van der Waals surface area contributed by atoms with E-state index in [1.807, 2.05) is 11.9 Å². The largest absolute Gasteiger partial charge is 0.391 e. The maximum Gasteiger partial charge on any atom is 0.257 e. The van der Waals surface area contributed by atoms with E-state index in [0.717, 1.165) is 25.7 Å². The number of aliphatic hydroxyl groups is 1. The number of nitrogens with two attached hydrogens (primary N) is 1. The minimum atomic E-state index is -0.366. The molecule has 1 aliphatic carbocycles. The van der Waals surface area contributed by atoms with Gasteiger partial charge in [-0.05, 0) is 18.9 Å². The predicted molar refractivity (Wildman–Crippen MR) is 78.0 cm³/mol. The summed E-state index contributed by atoms with van der Waals surface area (Å²) in [6, 6.07) is 1.79. The molecule has 1 aliphatic rings. The summed E-state index contributed by atoms with van der Waals surface area (Å²) >= 11 is 0. The molecular formula is C13H19N7O. The lowest BCUT2D eigenvalue weighted by atomic mass is 9.92. The Labute approximate surface area is 122 Å². The molecule has 8 heteroatoms. The third-order valence-electron chi connectivity index (χ3n) is 3.85. The third kappa shape index (κ3) is 2.80. The Kier molecular flexibility index (Phi) is 3.70.